The van der Waals surface area contributed by atoms with Crippen LogP contribution >= 0.6 is 11.8 Å². The summed E-state index contributed by atoms with van der Waals surface area (Å²) in [5, 5.41) is 3.79. The number of hydrogen-bond donors (Lipinski definition) is 1. The summed E-state index contributed by atoms with van der Waals surface area (Å²) in [7, 11) is 1.77. The third-order valence-electron chi connectivity index (χ3n) is 3.90. The van der Waals surface area contributed by atoms with E-state index in [0.717, 1.165) is 6.42 Å². The van der Waals surface area contributed by atoms with Crippen LogP contribution in [0.5, 0.6) is 0 Å². The molecule has 0 bridgehead atoms. The van der Waals surface area contributed by atoms with Crippen LogP contribution in [0, 0.1) is 0 Å². The number of ether oxygens (including phenoxy) is 1. The van der Waals surface area contributed by atoms with Crippen LogP contribution in [0.25, 0.3) is 0 Å². The van der Waals surface area contributed by atoms with Crippen LogP contribution in [-0.4, -0.2) is 19.5 Å². The number of benzene rings is 2. The molecule has 0 fully saturated rings. The van der Waals surface area contributed by atoms with Gasteiger partial charge in [0.05, 0.1) is 12.6 Å². The largest absolute Gasteiger partial charge is 0.383 e. The molecule has 2 atom stereocenters. The Morgan fingerprint density at radius 2 is 1.90 bits per heavy atom. The number of methoxy groups -OCH3 is 1. The first-order chi connectivity index (χ1) is 10.4. The van der Waals surface area contributed by atoms with Crippen LogP contribution in [-0.2, 0) is 4.74 Å². The van der Waals surface area contributed by atoms with Gasteiger partial charge in [-0.25, -0.2) is 0 Å². The summed E-state index contributed by atoms with van der Waals surface area (Å²) in [4.78, 5) is 1.41. The van der Waals surface area contributed by atoms with E-state index in [4.69, 9.17) is 4.74 Å². The molecule has 0 aliphatic carbocycles. The molecule has 0 aromatic heterocycles. The zero-order valence-electron chi connectivity index (χ0n) is 12.3. The molecule has 0 spiro atoms. The Kier molecular flexibility index (Phi) is 4.96. The van der Waals surface area contributed by atoms with E-state index in [1.54, 1.807) is 7.11 Å². The average molecular weight is 299 g/mol. The topological polar surface area (TPSA) is 21.3 Å². The first-order valence-electron chi connectivity index (χ1n) is 7.40. The van der Waals surface area contributed by atoms with E-state index in [-0.39, 0.29) is 6.04 Å². The summed E-state index contributed by atoms with van der Waals surface area (Å²) in [6, 6.07) is 19.9. The smallest absolute Gasteiger partial charge is 0.0657 e. The second-order valence-electron chi connectivity index (χ2n) is 5.31. The molecule has 0 saturated carbocycles. The van der Waals surface area contributed by atoms with Gasteiger partial charge in [-0.3, -0.25) is 0 Å². The van der Waals surface area contributed by atoms with Gasteiger partial charge in [-0.05, 0) is 29.4 Å². The van der Waals surface area contributed by atoms with E-state index in [9.17, 15) is 0 Å². The monoisotopic (exact) mass is 299 g/mol. The molecular formula is C18H21NOS. The zero-order valence-corrected chi connectivity index (χ0v) is 13.1. The van der Waals surface area contributed by atoms with E-state index < -0.39 is 0 Å². The van der Waals surface area contributed by atoms with E-state index in [0.29, 0.717) is 12.6 Å². The maximum atomic E-state index is 5.42. The minimum Gasteiger partial charge on any atom is -0.383 e. The van der Waals surface area contributed by atoms with Crippen molar-refractivity contribution in [1.29, 1.82) is 0 Å². The molecule has 0 saturated heterocycles. The molecule has 1 aliphatic heterocycles. The van der Waals surface area contributed by atoms with Crippen LogP contribution < -0.4 is 5.32 Å². The number of rotatable bonds is 5. The molecule has 1 heterocycles. The summed E-state index contributed by atoms with van der Waals surface area (Å²) in [6.07, 6.45) is 1.16. The summed E-state index contributed by atoms with van der Waals surface area (Å²) >= 11 is 1.96. The fraction of sp³-hybridized carbons (Fsp3) is 0.333. The summed E-state index contributed by atoms with van der Waals surface area (Å²) in [5.74, 6) is 1.17. The Balaban J connectivity index is 1.81. The molecule has 110 valence electrons. The van der Waals surface area contributed by atoms with E-state index in [1.165, 1.54) is 21.8 Å². The molecule has 2 nitrogen and oxygen atoms in total. The quantitative estimate of drug-likeness (QED) is 0.894. The van der Waals surface area contributed by atoms with E-state index >= 15 is 0 Å². The molecular weight excluding hydrogens is 278 g/mol. The molecule has 21 heavy (non-hydrogen) atoms. The first kappa shape index (κ1) is 14.6. The average Bonchev–Trinajstić information content (AvgIpc) is 2.55. The van der Waals surface area contributed by atoms with Crippen LogP contribution in [0.2, 0.25) is 0 Å². The summed E-state index contributed by atoms with van der Waals surface area (Å²) in [5.41, 5.74) is 2.71. The molecule has 0 radical (unpaired) electrons. The van der Waals surface area contributed by atoms with Crippen molar-refractivity contribution in [1.82, 2.24) is 5.32 Å². The lowest BCUT2D eigenvalue weighted by Crippen LogP contribution is -2.31. The second-order valence-corrected chi connectivity index (χ2v) is 6.45. The summed E-state index contributed by atoms with van der Waals surface area (Å²) < 4.78 is 5.42. The maximum absolute atomic E-state index is 5.42. The van der Waals surface area contributed by atoms with E-state index in [2.05, 4.69) is 59.9 Å². The van der Waals surface area contributed by atoms with Crippen molar-refractivity contribution >= 4 is 11.8 Å². The molecule has 2 unspecified atom stereocenters. The van der Waals surface area contributed by atoms with Crippen molar-refractivity contribution in [2.24, 2.45) is 0 Å². The minimum atomic E-state index is 0.234. The van der Waals surface area contributed by atoms with Gasteiger partial charge >= 0.3 is 0 Å². The van der Waals surface area contributed by atoms with Gasteiger partial charge in [-0.2, -0.15) is 0 Å². The Morgan fingerprint density at radius 3 is 2.71 bits per heavy atom. The van der Waals surface area contributed by atoms with E-state index in [1.807, 2.05) is 11.8 Å². The zero-order chi connectivity index (χ0) is 14.5. The van der Waals surface area contributed by atoms with Gasteiger partial charge in [0.2, 0.25) is 0 Å². The third kappa shape index (κ3) is 3.49. The van der Waals surface area contributed by atoms with Gasteiger partial charge in [-0.1, -0.05) is 48.5 Å². The number of nitrogens with one attached hydrogen (secondary N) is 1. The highest BCUT2D eigenvalue weighted by atomic mass is 32.2. The molecule has 3 rings (SSSR count). The van der Waals surface area contributed by atoms with Crippen molar-refractivity contribution in [3.05, 3.63) is 65.7 Å². The first-order valence-corrected chi connectivity index (χ1v) is 8.38. The SMILES string of the molecule is COCC(NC1CCSc2ccccc21)c1ccccc1. The van der Waals surface area contributed by atoms with Gasteiger partial charge in [0, 0.05) is 18.0 Å². The maximum Gasteiger partial charge on any atom is 0.0657 e. The normalized spacial score (nSPS) is 19.0. The van der Waals surface area contributed by atoms with Crippen LogP contribution in [0.4, 0.5) is 0 Å². The fourth-order valence-corrected chi connectivity index (χ4v) is 3.98. The number of hydrogen-bond acceptors (Lipinski definition) is 3. The Bertz CT molecular complexity index is 572. The van der Waals surface area contributed by atoms with Crippen LogP contribution in [0.15, 0.2) is 59.5 Å². The standard InChI is InChI=1S/C18H21NOS/c1-20-13-17(14-7-3-2-4-8-14)19-16-11-12-21-18-10-6-5-9-15(16)18/h2-10,16-17,19H,11-13H2,1H3. The van der Waals surface area contributed by atoms with Crippen molar-refractivity contribution in [2.75, 3.05) is 19.5 Å². The highest BCUT2D eigenvalue weighted by Gasteiger charge is 2.23. The second kappa shape index (κ2) is 7.12. The van der Waals surface area contributed by atoms with Gasteiger partial charge in [0.15, 0.2) is 0 Å². The third-order valence-corrected chi connectivity index (χ3v) is 5.02. The minimum absolute atomic E-state index is 0.234. The van der Waals surface area contributed by atoms with Crippen molar-refractivity contribution in [2.45, 2.75) is 23.4 Å². The lowest BCUT2D eigenvalue weighted by Gasteiger charge is -2.30. The van der Waals surface area contributed by atoms with Crippen LogP contribution in [0.3, 0.4) is 0 Å². The highest BCUT2D eigenvalue weighted by molar-refractivity contribution is 7.99. The lowest BCUT2D eigenvalue weighted by atomic mass is 10.0. The van der Waals surface area contributed by atoms with Crippen LogP contribution in [0.1, 0.15) is 29.6 Å². The Hall–Kier alpha value is -1.29. The fourth-order valence-electron chi connectivity index (χ4n) is 2.85. The molecule has 0 amide bonds. The Morgan fingerprint density at radius 1 is 1.14 bits per heavy atom. The summed E-state index contributed by atoms with van der Waals surface area (Å²) in [6.45, 7) is 0.690. The van der Waals surface area contributed by atoms with Gasteiger partial charge in [0.1, 0.15) is 0 Å². The van der Waals surface area contributed by atoms with Crippen molar-refractivity contribution in [3.63, 3.8) is 0 Å². The predicted molar refractivity (Wildman–Crippen MR) is 88.7 cm³/mol. The van der Waals surface area contributed by atoms with Gasteiger partial charge < -0.3 is 10.1 Å². The van der Waals surface area contributed by atoms with Gasteiger partial charge in [-0.15, -0.1) is 11.8 Å². The molecule has 1 N–H and O–H groups in total. The van der Waals surface area contributed by atoms with Gasteiger partial charge in [0.25, 0.3) is 0 Å². The molecule has 2 aromatic rings. The highest BCUT2D eigenvalue weighted by Crippen LogP contribution is 2.37. The predicted octanol–water partition coefficient (Wildman–Crippen LogP) is 4.20. The lowest BCUT2D eigenvalue weighted by molar-refractivity contribution is 0.160. The molecule has 1 aliphatic rings. The van der Waals surface area contributed by atoms with Crippen molar-refractivity contribution < 1.29 is 4.74 Å². The number of fused-ring (bicyclic) bond motifs is 1. The molecule has 3 heteroatoms. The number of thioether (sulfide) groups is 1. The van der Waals surface area contributed by atoms with Crippen molar-refractivity contribution in [3.8, 4) is 0 Å². The molecule has 2 aromatic carbocycles. The Labute approximate surface area is 130 Å².